The van der Waals surface area contributed by atoms with Crippen molar-refractivity contribution in [3.63, 3.8) is 0 Å². The summed E-state index contributed by atoms with van der Waals surface area (Å²) in [4.78, 5) is 24.6. The second-order valence-corrected chi connectivity index (χ2v) is 14.0. The first-order valence-electron chi connectivity index (χ1n) is 12.4. The van der Waals surface area contributed by atoms with Gasteiger partial charge in [-0.3, -0.25) is 4.52 Å². The zero-order valence-corrected chi connectivity index (χ0v) is 24.9. The van der Waals surface area contributed by atoms with Crippen LogP contribution in [0.25, 0.3) is 5.52 Å². The van der Waals surface area contributed by atoms with Crippen LogP contribution in [0.1, 0.15) is 11.8 Å². The quantitative estimate of drug-likeness (QED) is 0.0812. The van der Waals surface area contributed by atoms with E-state index < -0.39 is 88.5 Å². The van der Waals surface area contributed by atoms with Crippen LogP contribution < -0.4 is 5.73 Å². The summed E-state index contributed by atoms with van der Waals surface area (Å²) in [7, 11) is -4.16. The number of ether oxygens (including phenoxy) is 3. The van der Waals surface area contributed by atoms with Crippen molar-refractivity contribution in [3.05, 3.63) is 36.8 Å². The average molecular weight is 675 g/mol. The molecule has 19 nitrogen and oxygen atoms in total. The van der Waals surface area contributed by atoms with Gasteiger partial charge >= 0.3 is 14.5 Å². The second kappa shape index (κ2) is 13.1. The number of nitrogens with zero attached hydrogens (tertiary/aromatic N) is 3. The molecule has 2 aliphatic rings. The number of aliphatic hydroxyl groups excluding tert-OH is 6. The van der Waals surface area contributed by atoms with Crippen molar-refractivity contribution in [2.24, 2.45) is 0 Å². The van der Waals surface area contributed by atoms with Gasteiger partial charge in [-0.15, -0.1) is 6.58 Å². The van der Waals surface area contributed by atoms with E-state index >= 15 is 0 Å². The minimum absolute atomic E-state index is 0.173. The molecule has 10 N–H and O–H groups in total. The number of phosphoric ester groups is 1. The molecule has 2 saturated heterocycles. The van der Waals surface area contributed by atoms with E-state index in [1.54, 1.807) is 12.1 Å². The van der Waals surface area contributed by atoms with Gasteiger partial charge in [0.25, 0.3) is 0 Å². The molecule has 2 aromatic heterocycles. The minimum atomic E-state index is -5.45. The van der Waals surface area contributed by atoms with Crippen molar-refractivity contribution in [2.75, 3.05) is 26.1 Å². The van der Waals surface area contributed by atoms with Crippen LogP contribution in [0.4, 0.5) is 5.82 Å². The van der Waals surface area contributed by atoms with Gasteiger partial charge in [-0.05, 0) is 23.9 Å². The van der Waals surface area contributed by atoms with Gasteiger partial charge in [0.1, 0.15) is 66.3 Å². The fourth-order valence-corrected chi connectivity index (χ4v) is 7.90. The Morgan fingerprint density at radius 1 is 1.23 bits per heavy atom. The summed E-state index contributed by atoms with van der Waals surface area (Å²) < 4.78 is 45.1. The van der Waals surface area contributed by atoms with Crippen LogP contribution in [0.2, 0.25) is 0 Å². The van der Waals surface area contributed by atoms with E-state index in [1.165, 1.54) is 24.0 Å². The molecule has 2 aliphatic heterocycles. The minimum Gasteiger partial charge on any atom is -0.394 e. The number of hydrogen-bond donors (Lipinski definition) is 9. The van der Waals surface area contributed by atoms with Gasteiger partial charge in [-0.1, -0.05) is 6.08 Å². The summed E-state index contributed by atoms with van der Waals surface area (Å²) in [6.07, 6.45) is -13.1. The molecule has 22 heteroatoms. The molecule has 0 radical (unpaired) electrons. The Balaban J connectivity index is 1.46. The first kappa shape index (κ1) is 34.4. The Morgan fingerprint density at radius 2 is 1.93 bits per heavy atom. The highest BCUT2D eigenvalue weighted by atomic mass is 32.5. The molecule has 0 bridgehead atoms. The van der Waals surface area contributed by atoms with Gasteiger partial charge in [0.2, 0.25) is 0 Å². The lowest BCUT2D eigenvalue weighted by molar-refractivity contribution is -0.292. The number of hydrogen-bond acceptors (Lipinski definition) is 17. The van der Waals surface area contributed by atoms with Crippen LogP contribution in [0.15, 0.2) is 31.1 Å². The Bertz CT molecular complexity index is 1400. The number of nitrogens with two attached hydrogens (primary N) is 1. The average Bonchev–Trinajstić information content (AvgIpc) is 3.50. The molecular weight excluding hydrogens is 642 g/mol. The highest BCUT2D eigenvalue weighted by molar-refractivity contribution is 8.08. The van der Waals surface area contributed by atoms with E-state index in [4.69, 9.17) is 41.4 Å². The first-order valence-corrected chi connectivity index (χ1v) is 16.5. The molecule has 4 rings (SSSR count). The SMILES string of the molecule is C=C[C@@]1(OC)[C@H](O)[C@@H](COP(O)(=S)OP(=O)(O)OC2OC([C@@H](O)CO)C(O)C(O)C2O)O[C@H]1c1ccc2c(N)ncnn12. The lowest BCUT2D eigenvalue weighted by atomic mass is 9.89. The van der Waals surface area contributed by atoms with Gasteiger partial charge in [0.15, 0.2) is 12.1 Å². The third kappa shape index (κ3) is 6.71. The van der Waals surface area contributed by atoms with Crippen LogP contribution in [-0.4, -0.2) is 130 Å². The molecule has 7 unspecified atom stereocenters. The molecule has 242 valence electrons. The smallest absolute Gasteiger partial charge is 0.394 e. The van der Waals surface area contributed by atoms with E-state index in [2.05, 4.69) is 25.5 Å². The topological polar surface area (TPSA) is 290 Å². The molecule has 0 aliphatic carbocycles. The predicted octanol–water partition coefficient (Wildman–Crippen LogP) is -2.79. The van der Waals surface area contributed by atoms with E-state index in [9.17, 15) is 39.9 Å². The van der Waals surface area contributed by atoms with Crippen LogP contribution in [0, 0.1) is 0 Å². The third-order valence-electron chi connectivity index (χ3n) is 7.01. The number of methoxy groups -OCH3 is 1. The number of phosphoric acid groups is 1. The second-order valence-electron chi connectivity index (χ2n) is 9.57. The summed E-state index contributed by atoms with van der Waals surface area (Å²) in [5.41, 5.74) is 5.14. The van der Waals surface area contributed by atoms with Crippen molar-refractivity contribution in [1.29, 1.82) is 0 Å². The van der Waals surface area contributed by atoms with Crippen LogP contribution in [0.5, 0.6) is 0 Å². The lowest BCUT2D eigenvalue weighted by Crippen LogP contribution is -2.61. The standard InChI is InChI=1S/C21H32N4O15P2S/c1-3-21(35-2)17(31)12(37-18(21)9-4-5-10-19(22)23-8-24-25(9)10)7-36-42(34,43)40-41(32,33)39-20-15(30)13(28)14(29)16(38-20)11(27)6-26/h3-5,8,11-18,20,26-31H,1,6-7H2,2H3,(H,32,33)(H,34,43)(H2,22,23,24)/t11-,12+,13?,14?,15?,16?,17+,18-,20?,21+,42?/m0/s1. The predicted molar refractivity (Wildman–Crippen MR) is 145 cm³/mol. The van der Waals surface area contributed by atoms with E-state index in [-0.39, 0.29) is 5.82 Å². The molecular formula is C21H32N4O15P2S. The van der Waals surface area contributed by atoms with Crippen LogP contribution >= 0.6 is 14.5 Å². The largest absolute Gasteiger partial charge is 0.481 e. The Morgan fingerprint density at radius 3 is 2.56 bits per heavy atom. The van der Waals surface area contributed by atoms with Gasteiger partial charge < -0.3 is 64.9 Å². The zero-order chi connectivity index (χ0) is 31.9. The maximum atomic E-state index is 12.6. The van der Waals surface area contributed by atoms with Crippen LogP contribution in [-0.2, 0) is 43.9 Å². The molecule has 12 atom stereocenters. The molecule has 0 aromatic carbocycles. The van der Waals surface area contributed by atoms with Gasteiger partial charge in [-0.25, -0.2) is 18.4 Å². The number of anilines is 1. The number of rotatable bonds is 12. The first-order chi connectivity index (χ1) is 20.1. The highest BCUT2D eigenvalue weighted by Gasteiger charge is 2.57. The monoisotopic (exact) mass is 674 g/mol. The van der Waals surface area contributed by atoms with Crippen molar-refractivity contribution in [1.82, 2.24) is 14.6 Å². The Hall–Kier alpha value is -1.52. The highest BCUT2D eigenvalue weighted by Crippen LogP contribution is 2.62. The summed E-state index contributed by atoms with van der Waals surface area (Å²) in [6.45, 7) is -2.58. The molecule has 0 spiro atoms. The Kier molecular flexibility index (Phi) is 10.4. The fourth-order valence-electron chi connectivity index (χ4n) is 4.80. The number of aromatic nitrogens is 3. The van der Waals surface area contributed by atoms with Gasteiger partial charge in [-0.2, -0.15) is 5.10 Å². The van der Waals surface area contributed by atoms with Gasteiger partial charge in [0, 0.05) is 7.11 Å². The van der Waals surface area contributed by atoms with Crippen molar-refractivity contribution >= 4 is 37.7 Å². The molecule has 4 heterocycles. The van der Waals surface area contributed by atoms with Crippen molar-refractivity contribution in [3.8, 4) is 0 Å². The molecule has 0 amide bonds. The summed E-state index contributed by atoms with van der Waals surface area (Å²) >= 11 is 4.81. The number of nitrogen functional groups attached to an aromatic ring is 1. The summed E-state index contributed by atoms with van der Waals surface area (Å²) in [5, 5.41) is 64.3. The molecule has 0 saturated carbocycles. The number of fused-ring (bicyclic) bond motifs is 1. The summed E-state index contributed by atoms with van der Waals surface area (Å²) in [6, 6.07) is 3.23. The molecule has 2 aromatic rings. The van der Waals surface area contributed by atoms with E-state index in [1.807, 2.05) is 0 Å². The fraction of sp³-hybridized carbons (Fsp3) is 0.619. The maximum Gasteiger partial charge on any atom is 0.481 e. The van der Waals surface area contributed by atoms with Crippen molar-refractivity contribution < 1.29 is 72.6 Å². The summed E-state index contributed by atoms with van der Waals surface area (Å²) in [5.74, 6) is 0.173. The maximum absolute atomic E-state index is 12.6. The lowest BCUT2D eigenvalue weighted by Gasteiger charge is -2.41. The molecule has 2 fully saturated rings. The molecule has 43 heavy (non-hydrogen) atoms. The Labute approximate surface area is 248 Å². The normalized spacial score (nSPS) is 36.7. The number of aliphatic hydroxyl groups is 6. The van der Waals surface area contributed by atoms with E-state index in [0.717, 1.165) is 0 Å². The van der Waals surface area contributed by atoms with Crippen LogP contribution in [0.3, 0.4) is 0 Å². The van der Waals surface area contributed by atoms with E-state index in [0.29, 0.717) is 11.2 Å². The zero-order valence-electron chi connectivity index (χ0n) is 22.3. The van der Waals surface area contributed by atoms with Crippen molar-refractivity contribution in [2.45, 2.75) is 60.7 Å². The third-order valence-corrected chi connectivity index (χ3v) is 10.5. The van der Waals surface area contributed by atoms with Gasteiger partial charge in [0.05, 0.1) is 18.9 Å².